The fraction of sp³-hybridized carbons (Fsp3) is 0.818. The van der Waals surface area contributed by atoms with E-state index in [9.17, 15) is 0 Å². The highest BCUT2D eigenvalue weighted by molar-refractivity contribution is 4.87. The van der Waals surface area contributed by atoms with E-state index in [4.69, 9.17) is 0 Å². The van der Waals surface area contributed by atoms with Crippen LogP contribution in [0.5, 0.6) is 0 Å². The fourth-order valence-corrected chi connectivity index (χ4v) is 2.30. The molecule has 1 aliphatic rings. The van der Waals surface area contributed by atoms with Crippen LogP contribution < -0.4 is 5.32 Å². The molecule has 1 N–H and O–H groups in total. The second-order valence-electron chi connectivity index (χ2n) is 5.16. The van der Waals surface area contributed by atoms with Crippen LogP contribution in [0, 0.1) is 5.41 Å². The van der Waals surface area contributed by atoms with Crippen LogP contribution in [0.3, 0.4) is 0 Å². The van der Waals surface area contributed by atoms with Crippen LogP contribution in [-0.2, 0) is 6.42 Å². The lowest BCUT2D eigenvalue weighted by atomic mass is 9.92. The van der Waals surface area contributed by atoms with Crippen LogP contribution in [0.1, 0.15) is 38.9 Å². The van der Waals surface area contributed by atoms with Gasteiger partial charge < -0.3 is 9.84 Å². The highest BCUT2D eigenvalue weighted by Gasteiger charge is 2.30. The molecule has 0 aromatic carbocycles. The number of nitrogens with zero attached hydrogens (tertiary/aromatic N) is 2. The summed E-state index contributed by atoms with van der Waals surface area (Å²) in [6.07, 6.45) is 6.13. The zero-order valence-corrected chi connectivity index (χ0v) is 9.49. The van der Waals surface area contributed by atoms with Gasteiger partial charge in [-0.15, -0.1) is 0 Å². The van der Waals surface area contributed by atoms with Crippen LogP contribution >= 0.6 is 0 Å². The van der Waals surface area contributed by atoms with Crippen LogP contribution in [0.25, 0.3) is 0 Å². The quantitative estimate of drug-likeness (QED) is 0.821. The van der Waals surface area contributed by atoms with Crippen molar-refractivity contribution in [1.29, 1.82) is 0 Å². The zero-order chi connectivity index (χ0) is 10.7. The van der Waals surface area contributed by atoms with Gasteiger partial charge in [-0.3, -0.25) is 0 Å². The molecular weight excluding hydrogens is 190 g/mol. The van der Waals surface area contributed by atoms with E-state index in [1.807, 2.05) is 0 Å². The van der Waals surface area contributed by atoms with E-state index in [0.717, 1.165) is 18.8 Å². The number of rotatable bonds is 4. The number of hydrogen-bond donors (Lipinski definition) is 1. The Labute approximate surface area is 90.4 Å². The van der Waals surface area contributed by atoms with E-state index < -0.39 is 0 Å². The third-order valence-electron chi connectivity index (χ3n) is 3.16. The Balaban J connectivity index is 1.67. The van der Waals surface area contributed by atoms with E-state index in [2.05, 4.69) is 33.8 Å². The summed E-state index contributed by atoms with van der Waals surface area (Å²) in [6.45, 7) is 5.63. The summed E-state index contributed by atoms with van der Waals surface area (Å²) in [5, 5.41) is 7.34. The maximum absolute atomic E-state index is 4.68. The van der Waals surface area contributed by atoms with Gasteiger partial charge >= 0.3 is 0 Å². The fourth-order valence-electron chi connectivity index (χ4n) is 2.30. The van der Waals surface area contributed by atoms with Gasteiger partial charge in [0.1, 0.15) is 0 Å². The molecule has 0 spiro atoms. The molecule has 84 valence electrons. The summed E-state index contributed by atoms with van der Waals surface area (Å²) in [5.74, 6) is 0.791. The maximum atomic E-state index is 4.68. The molecule has 1 fully saturated rings. The molecule has 0 amide bonds. The minimum Gasteiger partial charge on any atom is -0.343 e. The summed E-state index contributed by atoms with van der Waals surface area (Å²) in [7, 11) is 0. The number of aromatic nitrogens is 2. The second kappa shape index (κ2) is 4.31. The van der Waals surface area contributed by atoms with Crippen LogP contribution in [0.2, 0.25) is 0 Å². The maximum Gasteiger partial charge on any atom is 0.213 e. The third-order valence-corrected chi connectivity index (χ3v) is 3.16. The normalized spacial score (nSPS) is 24.5. The molecule has 1 unspecified atom stereocenters. The van der Waals surface area contributed by atoms with Crippen molar-refractivity contribution in [3.05, 3.63) is 12.2 Å². The lowest BCUT2D eigenvalue weighted by Crippen LogP contribution is -2.29. The van der Waals surface area contributed by atoms with Gasteiger partial charge in [0.25, 0.3) is 0 Å². The molecule has 1 saturated carbocycles. The largest absolute Gasteiger partial charge is 0.343 e. The van der Waals surface area contributed by atoms with E-state index in [1.165, 1.54) is 25.7 Å². The Morgan fingerprint density at radius 2 is 2.47 bits per heavy atom. The topological polar surface area (TPSA) is 51.0 Å². The highest BCUT2D eigenvalue weighted by atomic mass is 16.5. The molecule has 0 saturated heterocycles. The molecule has 0 bridgehead atoms. The number of hydrogen-bond acceptors (Lipinski definition) is 4. The third kappa shape index (κ3) is 3.02. The molecular formula is C11H19N3O. The number of nitrogens with one attached hydrogen (secondary N) is 1. The van der Waals surface area contributed by atoms with Gasteiger partial charge in [-0.2, -0.15) is 4.98 Å². The van der Waals surface area contributed by atoms with Gasteiger partial charge in [0.2, 0.25) is 6.39 Å². The van der Waals surface area contributed by atoms with E-state index in [-0.39, 0.29) is 0 Å². The molecule has 1 aromatic heterocycles. The van der Waals surface area contributed by atoms with Crippen molar-refractivity contribution in [3.63, 3.8) is 0 Å². The molecule has 1 atom stereocenters. The van der Waals surface area contributed by atoms with Crippen LogP contribution in [-0.4, -0.2) is 22.7 Å². The lowest BCUT2D eigenvalue weighted by molar-refractivity contribution is 0.364. The predicted molar refractivity (Wildman–Crippen MR) is 57.4 cm³/mol. The SMILES string of the molecule is CC1(C)CCC(NCCc2ncon2)C1. The van der Waals surface area contributed by atoms with E-state index >= 15 is 0 Å². The van der Waals surface area contributed by atoms with Crippen molar-refractivity contribution in [2.75, 3.05) is 6.54 Å². The Bertz CT molecular complexity index is 295. The molecule has 1 aliphatic carbocycles. The van der Waals surface area contributed by atoms with Gasteiger partial charge in [0, 0.05) is 19.0 Å². The van der Waals surface area contributed by atoms with Gasteiger partial charge in [-0.05, 0) is 24.7 Å². The zero-order valence-electron chi connectivity index (χ0n) is 9.49. The Morgan fingerprint density at radius 1 is 1.60 bits per heavy atom. The van der Waals surface area contributed by atoms with Gasteiger partial charge in [0.05, 0.1) is 0 Å². The first-order valence-corrected chi connectivity index (χ1v) is 5.64. The smallest absolute Gasteiger partial charge is 0.213 e. The molecule has 15 heavy (non-hydrogen) atoms. The summed E-state index contributed by atoms with van der Waals surface area (Å²) in [6, 6.07) is 0.673. The van der Waals surface area contributed by atoms with E-state index in [0.29, 0.717) is 11.5 Å². The minimum absolute atomic E-state index is 0.518. The highest BCUT2D eigenvalue weighted by Crippen LogP contribution is 2.36. The molecule has 4 heteroatoms. The van der Waals surface area contributed by atoms with Crippen molar-refractivity contribution in [1.82, 2.24) is 15.5 Å². The lowest BCUT2D eigenvalue weighted by Gasteiger charge is -2.17. The molecule has 4 nitrogen and oxygen atoms in total. The van der Waals surface area contributed by atoms with E-state index in [1.54, 1.807) is 0 Å². The predicted octanol–water partition coefficient (Wildman–Crippen LogP) is 1.78. The molecule has 2 rings (SSSR count). The summed E-state index contributed by atoms with van der Waals surface area (Å²) < 4.78 is 4.68. The monoisotopic (exact) mass is 209 g/mol. The Kier molecular flexibility index (Phi) is 3.05. The van der Waals surface area contributed by atoms with Crippen molar-refractivity contribution < 1.29 is 4.52 Å². The summed E-state index contributed by atoms with van der Waals surface area (Å²) in [5.41, 5.74) is 0.518. The van der Waals surface area contributed by atoms with Crippen molar-refractivity contribution >= 4 is 0 Å². The van der Waals surface area contributed by atoms with Crippen LogP contribution in [0.4, 0.5) is 0 Å². The second-order valence-corrected chi connectivity index (χ2v) is 5.16. The average molecular weight is 209 g/mol. The molecule has 1 aromatic rings. The van der Waals surface area contributed by atoms with Gasteiger partial charge in [0.15, 0.2) is 5.82 Å². The molecule has 0 radical (unpaired) electrons. The summed E-state index contributed by atoms with van der Waals surface area (Å²) in [4.78, 5) is 3.99. The van der Waals surface area contributed by atoms with Crippen molar-refractivity contribution in [2.45, 2.75) is 45.6 Å². The van der Waals surface area contributed by atoms with Crippen LogP contribution in [0.15, 0.2) is 10.9 Å². The average Bonchev–Trinajstić information content (AvgIpc) is 2.76. The summed E-state index contributed by atoms with van der Waals surface area (Å²) >= 11 is 0. The first-order chi connectivity index (χ1) is 7.16. The Hall–Kier alpha value is -0.900. The van der Waals surface area contributed by atoms with Gasteiger partial charge in [-0.25, -0.2) is 0 Å². The van der Waals surface area contributed by atoms with Crippen molar-refractivity contribution in [3.8, 4) is 0 Å². The first kappa shape index (κ1) is 10.6. The van der Waals surface area contributed by atoms with Gasteiger partial charge in [-0.1, -0.05) is 19.0 Å². The minimum atomic E-state index is 0.518. The van der Waals surface area contributed by atoms with Crippen molar-refractivity contribution in [2.24, 2.45) is 5.41 Å². The molecule has 1 heterocycles. The standard InChI is InChI=1S/C11H19N3O/c1-11(2)5-3-9(7-11)12-6-4-10-13-8-15-14-10/h8-9,12H,3-7H2,1-2H3. The molecule has 0 aliphatic heterocycles. The Morgan fingerprint density at radius 3 is 3.07 bits per heavy atom. The first-order valence-electron chi connectivity index (χ1n) is 5.64.